The highest BCUT2D eigenvalue weighted by atomic mass is 15.2. The number of benzene rings is 1. The van der Waals surface area contributed by atoms with Crippen LogP contribution in [0.25, 0.3) is 0 Å². The van der Waals surface area contributed by atoms with Crippen molar-refractivity contribution >= 4 is 5.69 Å². The average Bonchev–Trinajstić information content (AvgIpc) is 2.97. The minimum Gasteiger partial charge on any atom is -0.369 e. The van der Waals surface area contributed by atoms with Gasteiger partial charge >= 0.3 is 0 Å². The van der Waals surface area contributed by atoms with Gasteiger partial charge in [0, 0.05) is 24.8 Å². The second-order valence-corrected chi connectivity index (χ2v) is 5.57. The van der Waals surface area contributed by atoms with Crippen LogP contribution in [-0.2, 0) is 6.42 Å². The highest BCUT2D eigenvalue weighted by Gasteiger charge is 2.27. The van der Waals surface area contributed by atoms with Gasteiger partial charge in [0.2, 0.25) is 0 Å². The molecule has 1 aromatic rings. The number of hydrogen-bond acceptors (Lipinski definition) is 2. The lowest BCUT2D eigenvalue weighted by atomic mass is 9.92. The van der Waals surface area contributed by atoms with Crippen molar-refractivity contribution in [2.45, 2.75) is 38.6 Å². The first-order valence-corrected chi connectivity index (χ1v) is 6.86. The zero-order valence-corrected chi connectivity index (χ0v) is 10.9. The molecule has 2 aliphatic heterocycles. The maximum Gasteiger partial charge on any atom is 0.0404 e. The molecule has 1 atom stereocenters. The summed E-state index contributed by atoms with van der Waals surface area (Å²) in [5, 5.41) is 3.48. The van der Waals surface area contributed by atoms with E-state index in [1.54, 1.807) is 11.1 Å². The number of fused-ring (bicyclic) bond motifs is 1. The van der Waals surface area contributed by atoms with Gasteiger partial charge in [0.15, 0.2) is 0 Å². The van der Waals surface area contributed by atoms with Crippen molar-refractivity contribution in [3.63, 3.8) is 0 Å². The summed E-state index contributed by atoms with van der Waals surface area (Å²) < 4.78 is 0. The Hall–Kier alpha value is -1.02. The summed E-state index contributed by atoms with van der Waals surface area (Å²) in [6.45, 7) is 8.13. The molecule has 3 rings (SSSR count). The lowest BCUT2D eigenvalue weighted by Gasteiger charge is -2.24. The van der Waals surface area contributed by atoms with Gasteiger partial charge in [-0.25, -0.2) is 0 Å². The second-order valence-electron chi connectivity index (χ2n) is 5.57. The topological polar surface area (TPSA) is 15.3 Å². The molecule has 0 amide bonds. The summed E-state index contributed by atoms with van der Waals surface area (Å²) in [5.74, 6) is 0.747. The first-order chi connectivity index (χ1) is 8.27. The van der Waals surface area contributed by atoms with Gasteiger partial charge in [-0.05, 0) is 56.3 Å². The van der Waals surface area contributed by atoms with Crippen LogP contribution < -0.4 is 10.2 Å². The monoisotopic (exact) mass is 230 g/mol. The van der Waals surface area contributed by atoms with Crippen LogP contribution in [0.4, 0.5) is 5.69 Å². The maximum atomic E-state index is 3.48. The molecule has 0 bridgehead atoms. The molecule has 0 saturated carbocycles. The van der Waals surface area contributed by atoms with Gasteiger partial charge in [0.25, 0.3) is 0 Å². The average molecular weight is 230 g/mol. The third-order valence-corrected chi connectivity index (χ3v) is 4.22. The molecular formula is C15H22N2. The third kappa shape index (κ3) is 1.85. The number of nitrogens with one attached hydrogen (secondary N) is 1. The first kappa shape index (κ1) is 11.1. The minimum absolute atomic E-state index is 0.619. The van der Waals surface area contributed by atoms with Crippen molar-refractivity contribution in [1.29, 1.82) is 0 Å². The molecule has 2 heterocycles. The minimum atomic E-state index is 0.619. The van der Waals surface area contributed by atoms with Crippen LogP contribution in [0.3, 0.4) is 0 Å². The molecular weight excluding hydrogens is 208 g/mol. The molecule has 1 N–H and O–H groups in total. The fraction of sp³-hybridized carbons (Fsp3) is 0.600. The summed E-state index contributed by atoms with van der Waals surface area (Å²) in [5.41, 5.74) is 4.72. The molecule has 0 radical (unpaired) electrons. The molecule has 1 fully saturated rings. The lowest BCUT2D eigenvalue weighted by Crippen LogP contribution is -2.28. The summed E-state index contributed by atoms with van der Waals surface area (Å²) in [4.78, 5) is 2.54. The van der Waals surface area contributed by atoms with Gasteiger partial charge in [-0.15, -0.1) is 0 Å². The van der Waals surface area contributed by atoms with E-state index < -0.39 is 0 Å². The lowest BCUT2D eigenvalue weighted by molar-refractivity contribution is 0.709. The molecule has 0 aromatic heterocycles. The summed E-state index contributed by atoms with van der Waals surface area (Å²) in [7, 11) is 0. The van der Waals surface area contributed by atoms with Gasteiger partial charge in [-0.3, -0.25) is 0 Å². The van der Waals surface area contributed by atoms with Crippen molar-refractivity contribution in [3.05, 3.63) is 29.3 Å². The standard InChI is InChI=1S/C15H22N2/c1-11(2)17-9-7-14-13(4-3-5-15(14)17)12-6-8-16-10-12/h3-5,11-12,16H,6-10H2,1-2H3. The normalized spacial score (nSPS) is 23.5. The highest BCUT2D eigenvalue weighted by Crippen LogP contribution is 2.36. The van der Waals surface area contributed by atoms with E-state index in [1.165, 1.54) is 31.6 Å². The molecule has 17 heavy (non-hydrogen) atoms. The van der Waals surface area contributed by atoms with Crippen LogP contribution >= 0.6 is 0 Å². The van der Waals surface area contributed by atoms with Crippen molar-refractivity contribution in [1.82, 2.24) is 5.32 Å². The SMILES string of the molecule is CC(C)N1CCc2c(C3CCNC3)cccc21. The smallest absolute Gasteiger partial charge is 0.0404 e. The van der Waals surface area contributed by atoms with Crippen molar-refractivity contribution in [3.8, 4) is 0 Å². The van der Waals surface area contributed by atoms with Crippen LogP contribution in [0.1, 0.15) is 37.3 Å². The molecule has 0 spiro atoms. The van der Waals surface area contributed by atoms with Crippen molar-refractivity contribution < 1.29 is 0 Å². The summed E-state index contributed by atoms with van der Waals surface area (Å²) in [6.07, 6.45) is 2.54. The molecule has 2 heteroatoms. The zero-order valence-electron chi connectivity index (χ0n) is 10.9. The first-order valence-electron chi connectivity index (χ1n) is 6.86. The Labute approximate surface area is 104 Å². The quantitative estimate of drug-likeness (QED) is 0.840. The number of hydrogen-bond donors (Lipinski definition) is 1. The summed E-state index contributed by atoms with van der Waals surface area (Å²) in [6, 6.07) is 7.51. The van der Waals surface area contributed by atoms with Crippen molar-refractivity contribution in [2.75, 3.05) is 24.5 Å². The molecule has 0 aliphatic carbocycles. The van der Waals surface area contributed by atoms with E-state index in [1.807, 2.05) is 0 Å². The van der Waals surface area contributed by atoms with E-state index in [4.69, 9.17) is 0 Å². The van der Waals surface area contributed by atoms with Gasteiger partial charge < -0.3 is 10.2 Å². The van der Waals surface area contributed by atoms with Crippen LogP contribution in [-0.4, -0.2) is 25.7 Å². The van der Waals surface area contributed by atoms with E-state index >= 15 is 0 Å². The highest BCUT2D eigenvalue weighted by molar-refractivity contribution is 5.62. The molecule has 2 nitrogen and oxygen atoms in total. The van der Waals surface area contributed by atoms with Gasteiger partial charge in [-0.2, -0.15) is 0 Å². The molecule has 1 unspecified atom stereocenters. The number of nitrogens with zero attached hydrogens (tertiary/aromatic N) is 1. The summed E-state index contributed by atoms with van der Waals surface area (Å²) >= 11 is 0. The largest absolute Gasteiger partial charge is 0.369 e. The second kappa shape index (κ2) is 4.34. The van der Waals surface area contributed by atoms with Gasteiger partial charge in [-0.1, -0.05) is 12.1 Å². The van der Waals surface area contributed by atoms with E-state index in [9.17, 15) is 0 Å². The van der Waals surface area contributed by atoms with Gasteiger partial charge in [0.1, 0.15) is 0 Å². The Kier molecular flexibility index (Phi) is 2.83. The van der Waals surface area contributed by atoms with E-state index in [0.717, 1.165) is 12.5 Å². The van der Waals surface area contributed by atoms with Crippen LogP contribution in [0.5, 0.6) is 0 Å². The third-order valence-electron chi connectivity index (χ3n) is 4.22. The van der Waals surface area contributed by atoms with E-state index in [0.29, 0.717) is 6.04 Å². The Balaban J connectivity index is 1.97. The predicted molar refractivity (Wildman–Crippen MR) is 72.9 cm³/mol. The Morgan fingerprint density at radius 1 is 1.35 bits per heavy atom. The predicted octanol–water partition coefficient (Wildman–Crippen LogP) is 2.53. The van der Waals surface area contributed by atoms with E-state index in [-0.39, 0.29) is 0 Å². The Morgan fingerprint density at radius 3 is 2.94 bits per heavy atom. The Morgan fingerprint density at radius 2 is 2.24 bits per heavy atom. The fourth-order valence-corrected chi connectivity index (χ4v) is 3.33. The van der Waals surface area contributed by atoms with Crippen LogP contribution in [0, 0.1) is 0 Å². The Bertz CT molecular complexity index is 405. The van der Waals surface area contributed by atoms with Crippen molar-refractivity contribution in [2.24, 2.45) is 0 Å². The molecule has 2 aliphatic rings. The van der Waals surface area contributed by atoms with Gasteiger partial charge in [0.05, 0.1) is 0 Å². The number of rotatable bonds is 2. The number of anilines is 1. The fourth-order valence-electron chi connectivity index (χ4n) is 3.33. The maximum absolute atomic E-state index is 3.48. The van der Waals surface area contributed by atoms with Crippen LogP contribution in [0.15, 0.2) is 18.2 Å². The molecule has 92 valence electrons. The zero-order chi connectivity index (χ0) is 11.8. The van der Waals surface area contributed by atoms with Crippen LogP contribution in [0.2, 0.25) is 0 Å². The molecule has 1 aromatic carbocycles. The van der Waals surface area contributed by atoms with E-state index in [2.05, 4.69) is 42.3 Å². The molecule has 1 saturated heterocycles.